The summed E-state index contributed by atoms with van der Waals surface area (Å²) in [5.41, 5.74) is -6.94. The van der Waals surface area contributed by atoms with E-state index in [0.29, 0.717) is 12.0 Å². The third-order valence-electron chi connectivity index (χ3n) is 9.50. The lowest BCUT2D eigenvalue weighted by molar-refractivity contribution is -0.278. The van der Waals surface area contributed by atoms with E-state index in [-0.39, 0.29) is 24.7 Å². The van der Waals surface area contributed by atoms with Crippen LogP contribution in [0.3, 0.4) is 0 Å². The smallest absolute Gasteiger partial charge is 0.432 e. The molecule has 0 N–H and O–H groups in total. The van der Waals surface area contributed by atoms with Crippen LogP contribution in [0, 0.1) is 17.3 Å². The van der Waals surface area contributed by atoms with E-state index in [0.717, 1.165) is 44.1 Å². The molecule has 1 fully saturated rings. The lowest BCUT2D eigenvalue weighted by Gasteiger charge is -2.33. The Bertz CT molecular complexity index is 1490. The Morgan fingerprint density at radius 3 is 1.68 bits per heavy atom. The minimum Gasteiger partial charge on any atom is -0.455 e. The van der Waals surface area contributed by atoms with Crippen molar-refractivity contribution in [2.24, 2.45) is 17.3 Å². The number of halogens is 6. The van der Waals surface area contributed by atoms with Crippen molar-refractivity contribution < 1.29 is 54.9 Å². The standard InChI is InChI=1S/C35H38F6O6/c1-21-17-26(46-29(42)32(44-5,34(36,37)38)24-13-9-7-10-14-24)18-23(21)19-27-22(2)28(20-31(27,3)4)47-30(43)33(45-6,35(39,40)41)25-15-11-8-12-16-25/h7-17,23,26-28H,2,18-20H2,1,3-6H3/t23-,26-,27+,28-,32-,33-/m1/s1. The predicted octanol–water partition coefficient (Wildman–Crippen LogP) is 7.98. The number of methoxy groups -OCH3 is 2. The summed E-state index contributed by atoms with van der Waals surface area (Å²) in [5.74, 6) is -3.83. The average molecular weight is 669 g/mol. The zero-order valence-electron chi connectivity index (χ0n) is 26.7. The van der Waals surface area contributed by atoms with Crippen molar-refractivity contribution in [3.63, 3.8) is 0 Å². The third-order valence-corrected chi connectivity index (χ3v) is 9.50. The van der Waals surface area contributed by atoms with Gasteiger partial charge in [0.05, 0.1) is 0 Å². The van der Waals surface area contributed by atoms with E-state index in [4.69, 9.17) is 18.9 Å². The minimum absolute atomic E-state index is 0.170. The summed E-state index contributed by atoms with van der Waals surface area (Å²) in [4.78, 5) is 26.5. The fourth-order valence-electron chi connectivity index (χ4n) is 6.88. The van der Waals surface area contributed by atoms with Crippen molar-refractivity contribution in [3.05, 3.63) is 95.6 Å². The number of hydrogen-bond donors (Lipinski definition) is 0. The number of allylic oxidation sites excluding steroid dienone is 1. The minimum atomic E-state index is -5.14. The Labute approximate surface area is 269 Å². The van der Waals surface area contributed by atoms with Gasteiger partial charge in [-0.1, -0.05) is 86.7 Å². The first-order valence-electron chi connectivity index (χ1n) is 15.0. The molecule has 2 aliphatic carbocycles. The lowest BCUT2D eigenvalue weighted by atomic mass is 9.75. The number of ether oxygens (including phenoxy) is 4. The van der Waals surface area contributed by atoms with Gasteiger partial charge in [0.2, 0.25) is 0 Å². The highest BCUT2D eigenvalue weighted by atomic mass is 19.4. The Kier molecular flexibility index (Phi) is 10.1. The van der Waals surface area contributed by atoms with Gasteiger partial charge in [0.25, 0.3) is 11.2 Å². The fourth-order valence-corrected chi connectivity index (χ4v) is 6.88. The SMILES string of the molecule is C=C1[C@H](OC(=O)[C@](OC)(c2ccccc2)C(F)(F)F)CC(C)(C)[C@H]1C[C@H]1C[C@H](OC(=O)[C@](OC)(c2ccccc2)C(F)(F)F)C=C1C. The van der Waals surface area contributed by atoms with E-state index >= 15 is 0 Å². The zero-order chi connectivity index (χ0) is 35.0. The Hall–Kier alpha value is -3.64. The molecule has 0 heterocycles. The van der Waals surface area contributed by atoms with Crippen LogP contribution in [0.15, 0.2) is 84.5 Å². The predicted molar refractivity (Wildman–Crippen MR) is 160 cm³/mol. The van der Waals surface area contributed by atoms with Gasteiger partial charge in [-0.15, -0.1) is 0 Å². The number of hydrogen-bond acceptors (Lipinski definition) is 6. The maximum atomic E-state index is 14.4. The van der Waals surface area contributed by atoms with E-state index < -0.39 is 64.2 Å². The zero-order valence-corrected chi connectivity index (χ0v) is 26.7. The second-order valence-corrected chi connectivity index (χ2v) is 12.7. The average Bonchev–Trinajstić information content (AvgIpc) is 3.43. The normalized spacial score (nSPS) is 25.4. The van der Waals surface area contributed by atoms with Crippen LogP contribution in [-0.2, 0) is 39.7 Å². The highest BCUT2D eigenvalue weighted by molar-refractivity contribution is 5.83. The van der Waals surface area contributed by atoms with E-state index in [1.165, 1.54) is 36.4 Å². The molecular weight excluding hydrogens is 630 g/mol. The monoisotopic (exact) mass is 668 g/mol. The summed E-state index contributed by atoms with van der Waals surface area (Å²) in [7, 11) is 1.59. The summed E-state index contributed by atoms with van der Waals surface area (Å²) in [6.45, 7) is 9.62. The number of alkyl halides is 6. The molecule has 2 aromatic rings. The topological polar surface area (TPSA) is 71.1 Å². The molecule has 12 heteroatoms. The van der Waals surface area contributed by atoms with E-state index in [9.17, 15) is 35.9 Å². The fraction of sp³-hybridized carbons (Fsp3) is 0.486. The number of esters is 2. The number of benzene rings is 2. The van der Waals surface area contributed by atoms with Gasteiger partial charge >= 0.3 is 24.3 Å². The Morgan fingerprint density at radius 2 is 1.26 bits per heavy atom. The molecule has 2 aliphatic rings. The second kappa shape index (κ2) is 13.1. The molecule has 2 aromatic carbocycles. The first kappa shape index (κ1) is 36.2. The molecule has 256 valence electrons. The third kappa shape index (κ3) is 6.46. The van der Waals surface area contributed by atoms with Gasteiger partial charge in [-0.2, -0.15) is 26.3 Å². The molecule has 1 saturated carbocycles. The maximum Gasteiger partial charge on any atom is 0.432 e. The van der Waals surface area contributed by atoms with Crippen LogP contribution in [0.1, 0.15) is 51.2 Å². The summed E-state index contributed by atoms with van der Waals surface area (Å²) in [6, 6.07) is 13.0. The van der Waals surface area contributed by atoms with Crippen molar-refractivity contribution in [1.29, 1.82) is 0 Å². The Morgan fingerprint density at radius 1 is 0.809 bits per heavy atom. The van der Waals surface area contributed by atoms with Crippen LogP contribution < -0.4 is 0 Å². The highest BCUT2D eigenvalue weighted by Gasteiger charge is 2.66. The van der Waals surface area contributed by atoms with Crippen LogP contribution in [0.2, 0.25) is 0 Å². The van der Waals surface area contributed by atoms with Crippen LogP contribution in [-0.4, -0.2) is 50.7 Å². The van der Waals surface area contributed by atoms with E-state index in [1.54, 1.807) is 13.0 Å². The van der Waals surface area contributed by atoms with E-state index in [2.05, 4.69) is 6.58 Å². The molecule has 0 spiro atoms. The van der Waals surface area contributed by atoms with Crippen molar-refractivity contribution in [3.8, 4) is 0 Å². The molecule has 0 radical (unpaired) electrons. The first-order valence-corrected chi connectivity index (χ1v) is 15.0. The molecule has 0 saturated heterocycles. The second-order valence-electron chi connectivity index (χ2n) is 12.7. The van der Waals surface area contributed by atoms with Gasteiger partial charge in [0, 0.05) is 25.3 Å². The molecule has 0 aromatic heterocycles. The largest absolute Gasteiger partial charge is 0.455 e. The van der Waals surface area contributed by atoms with Crippen LogP contribution in [0.5, 0.6) is 0 Å². The van der Waals surface area contributed by atoms with Gasteiger partial charge in [0.15, 0.2) is 0 Å². The van der Waals surface area contributed by atoms with Gasteiger partial charge in [-0.25, -0.2) is 9.59 Å². The Balaban J connectivity index is 1.50. The molecular formula is C35H38F6O6. The number of carbonyl (C=O) groups excluding carboxylic acids is 2. The molecule has 47 heavy (non-hydrogen) atoms. The van der Waals surface area contributed by atoms with Crippen molar-refractivity contribution >= 4 is 11.9 Å². The van der Waals surface area contributed by atoms with Crippen molar-refractivity contribution in [1.82, 2.24) is 0 Å². The van der Waals surface area contributed by atoms with Gasteiger partial charge in [0.1, 0.15) is 12.2 Å². The quantitative estimate of drug-likeness (QED) is 0.145. The molecule has 0 amide bonds. The van der Waals surface area contributed by atoms with Crippen molar-refractivity contribution in [2.45, 2.75) is 75.8 Å². The molecule has 0 bridgehead atoms. The van der Waals surface area contributed by atoms with Crippen LogP contribution in [0.25, 0.3) is 0 Å². The van der Waals surface area contributed by atoms with Gasteiger partial charge in [-0.3, -0.25) is 0 Å². The van der Waals surface area contributed by atoms with Crippen LogP contribution in [0.4, 0.5) is 26.3 Å². The molecule has 0 unspecified atom stereocenters. The summed E-state index contributed by atoms with van der Waals surface area (Å²) < 4.78 is 107. The molecule has 6 nitrogen and oxygen atoms in total. The summed E-state index contributed by atoms with van der Waals surface area (Å²) in [5, 5.41) is 0. The summed E-state index contributed by atoms with van der Waals surface area (Å²) >= 11 is 0. The summed E-state index contributed by atoms with van der Waals surface area (Å²) in [6.07, 6.45) is -9.98. The van der Waals surface area contributed by atoms with Gasteiger partial charge in [-0.05, 0) is 55.1 Å². The number of carbonyl (C=O) groups is 2. The van der Waals surface area contributed by atoms with E-state index in [1.807, 2.05) is 13.8 Å². The first-order chi connectivity index (χ1) is 21.9. The molecule has 0 aliphatic heterocycles. The van der Waals surface area contributed by atoms with Crippen molar-refractivity contribution in [2.75, 3.05) is 14.2 Å². The molecule has 4 rings (SSSR count). The van der Waals surface area contributed by atoms with Crippen LogP contribution >= 0.6 is 0 Å². The molecule has 6 atom stereocenters. The highest BCUT2D eigenvalue weighted by Crippen LogP contribution is 2.53. The van der Waals surface area contributed by atoms with Gasteiger partial charge < -0.3 is 18.9 Å². The number of rotatable bonds is 10. The lowest BCUT2D eigenvalue weighted by Crippen LogP contribution is -2.52. The maximum absolute atomic E-state index is 14.4.